The molecule has 2 N–H and O–H groups in total. The molecule has 1 aromatic rings. The van der Waals surface area contributed by atoms with Crippen LogP contribution in [0.2, 0.25) is 0 Å². The smallest absolute Gasteiger partial charge is 0.405 e. The summed E-state index contributed by atoms with van der Waals surface area (Å²) in [7, 11) is 0. The third-order valence-corrected chi connectivity index (χ3v) is 2.71. The fourth-order valence-corrected chi connectivity index (χ4v) is 1.69. The minimum atomic E-state index is -4.50. The van der Waals surface area contributed by atoms with Gasteiger partial charge in [-0.25, -0.2) is 0 Å². The lowest BCUT2D eigenvalue weighted by Gasteiger charge is -2.25. The Bertz CT molecular complexity index is 562. The zero-order valence-corrected chi connectivity index (χ0v) is 11.3. The minimum absolute atomic E-state index is 0.0486. The van der Waals surface area contributed by atoms with Gasteiger partial charge in [-0.15, -0.1) is 0 Å². The summed E-state index contributed by atoms with van der Waals surface area (Å²) in [4.78, 5) is 23.0. The fraction of sp³-hybridized carbons (Fsp3) is 0.385. The van der Waals surface area contributed by atoms with E-state index in [4.69, 9.17) is 9.47 Å². The molecule has 0 spiro atoms. The number of hydrogen-bond donors (Lipinski definition) is 2. The van der Waals surface area contributed by atoms with Crippen LogP contribution < -0.4 is 20.1 Å². The number of rotatable bonds is 4. The molecule has 0 radical (unpaired) electrons. The Morgan fingerprint density at radius 3 is 2.55 bits per heavy atom. The van der Waals surface area contributed by atoms with E-state index < -0.39 is 37.2 Å². The van der Waals surface area contributed by atoms with Gasteiger partial charge in [0.05, 0.1) is 6.54 Å². The lowest BCUT2D eigenvalue weighted by atomic mass is 10.2. The van der Waals surface area contributed by atoms with Crippen molar-refractivity contribution in [3.05, 3.63) is 24.3 Å². The van der Waals surface area contributed by atoms with Crippen molar-refractivity contribution in [2.75, 3.05) is 19.7 Å². The predicted molar refractivity (Wildman–Crippen MR) is 68.4 cm³/mol. The number of hydrogen-bond acceptors (Lipinski definition) is 4. The largest absolute Gasteiger partial charge is 0.485 e. The third-order valence-electron chi connectivity index (χ3n) is 2.71. The molecule has 1 aliphatic heterocycles. The molecule has 1 heterocycles. The highest BCUT2D eigenvalue weighted by atomic mass is 19.4. The molecule has 2 amide bonds. The number of benzene rings is 1. The Morgan fingerprint density at radius 1 is 1.18 bits per heavy atom. The zero-order chi connectivity index (χ0) is 16.2. The van der Waals surface area contributed by atoms with E-state index in [1.165, 1.54) is 0 Å². The van der Waals surface area contributed by atoms with Crippen LogP contribution in [0.4, 0.5) is 13.2 Å². The van der Waals surface area contributed by atoms with Gasteiger partial charge in [0.1, 0.15) is 13.2 Å². The average Bonchev–Trinajstić information content (AvgIpc) is 2.49. The number of carbonyl (C=O) groups excluding carboxylic acids is 2. The lowest BCUT2D eigenvalue weighted by Crippen LogP contribution is -2.47. The van der Waals surface area contributed by atoms with Crippen molar-refractivity contribution in [3.8, 4) is 11.5 Å². The van der Waals surface area contributed by atoms with E-state index in [0.717, 1.165) is 0 Å². The van der Waals surface area contributed by atoms with Gasteiger partial charge >= 0.3 is 6.18 Å². The van der Waals surface area contributed by atoms with E-state index in [0.29, 0.717) is 11.5 Å². The second-order valence-corrected chi connectivity index (χ2v) is 4.47. The number of amides is 2. The third kappa shape index (κ3) is 4.54. The SMILES string of the molecule is O=C(CNC(=O)[C@@H]1COc2ccccc2O1)NCC(F)(F)F. The first-order valence-corrected chi connectivity index (χ1v) is 6.35. The molecule has 0 unspecified atom stereocenters. The summed E-state index contributed by atoms with van der Waals surface area (Å²) in [5.41, 5.74) is 0. The van der Waals surface area contributed by atoms with E-state index >= 15 is 0 Å². The van der Waals surface area contributed by atoms with E-state index in [1.807, 2.05) is 0 Å². The van der Waals surface area contributed by atoms with Crippen molar-refractivity contribution in [3.63, 3.8) is 0 Å². The van der Waals surface area contributed by atoms with E-state index in [-0.39, 0.29) is 6.61 Å². The summed E-state index contributed by atoms with van der Waals surface area (Å²) in [6.45, 7) is -2.07. The van der Waals surface area contributed by atoms with Gasteiger partial charge in [-0.2, -0.15) is 13.2 Å². The number of para-hydroxylation sites is 2. The van der Waals surface area contributed by atoms with Gasteiger partial charge in [-0.3, -0.25) is 9.59 Å². The topological polar surface area (TPSA) is 76.7 Å². The second-order valence-electron chi connectivity index (χ2n) is 4.47. The molecule has 6 nitrogen and oxygen atoms in total. The van der Waals surface area contributed by atoms with Gasteiger partial charge in [-0.05, 0) is 12.1 Å². The van der Waals surface area contributed by atoms with Crippen LogP contribution in [0.3, 0.4) is 0 Å². The Balaban J connectivity index is 1.78. The Morgan fingerprint density at radius 2 is 1.86 bits per heavy atom. The van der Waals surface area contributed by atoms with Crippen LogP contribution in [0.25, 0.3) is 0 Å². The number of alkyl halides is 3. The summed E-state index contributed by atoms with van der Waals surface area (Å²) in [6.07, 6.45) is -5.46. The number of nitrogens with one attached hydrogen (secondary N) is 2. The molecule has 9 heteroatoms. The van der Waals surface area contributed by atoms with Crippen LogP contribution in [0.1, 0.15) is 0 Å². The van der Waals surface area contributed by atoms with Crippen molar-refractivity contribution in [2.45, 2.75) is 12.3 Å². The second kappa shape index (κ2) is 6.54. The normalized spacial score (nSPS) is 16.8. The van der Waals surface area contributed by atoms with Gasteiger partial charge in [0.15, 0.2) is 11.5 Å². The molecule has 0 fully saturated rings. The number of fused-ring (bicyclic) bond motifs is 1. The first-order chi connectivity index (χ1) is 10.3. The molecule has 0 aromatic heterocycles. The summed E-state index contributed by atoms with van der Waals surface area (Å²) in [5.74, 6) is -0.704. The number of carbonyl (C=O) groups is 2. The van der Waals surface area contributed by atoms with Gasteiger partial charge in [0.2, 0.25) is 12.0 Å². The van der Waals surface area contributed by atoms with E-state index in [9.17, 15) is 22.8 Å². The Hall–Kier alpha value is -2.45. The molecule has 1 aromatic carbocycles. The maximum absolute atomic E-state index is 11.9. The molecular formula is C13H13F3N2O4. The van der Waals surface area contributed by atoms with Crippen molar-refractivity contribution in [1.82, 2.24) is 10.6 Å². The fourth-order valence-electron chi connectivity index (χ4n) is 1.69. The molecule has 2 rings (SSSR count). The Labute approximate surface area is 123 Å². The van der Waals surface area contributed by atoms with Crippen molar-refractivity contribution in [1.29, 1.82) is 0 Å². The molecule has 0 aliphatic carbocycles. The highest BCUT2D eigenvalue weighted by Crippen LogP contribution is 2.30. The summed E-state index contributed by atoms with van der Waals surface area (Å²) >= 11 is 0. The highest BCUT2D eigenvalue weighted by Gasteiger charge is 2.29. The van der Waals surface area contributed by atoms with Gasteiger partial charge < -0.3 is 20.1 Å². The monoisotopic (exact) mass is 318 g/mol. The maximum atomic E-state index is 11.9. The van der Waals surface area contributed by atoms with Crippen LogP contribution >= 0.6 is 0 Å². The van der Waals surface area contributed by atoms with Crippen LogP contribution in [-0.2, 0) is 9.59 Å². The van der Waals surface area contributed by atoms with Crippen LogP contribution in [0.5, 0.6) is 11.5 Å². The quantitative estimate of drug-likeness (QED) is 0.853. The maximum Gasteiger partial charge on any atom is 0.405 e. The Kier molecular flexibility index (Phi) is 4.74. The average molecular weight is 318 g/mol. The highest BCUT2D eigenvalue weighted by molar-refractivity contribution is 5.87. The molecular weight excluding hydrogens is 305 g/mol. The van der Waals surface area contributed by atoms with Crippen LogP contribution in [0.15, 0.2) is 24.3 Å². The number of ether oxygens (including phenoxy) is 2. The van der Waals surface area contributed by atoms with Gasteiger partial charge in [-0.1, -0.05) is 12.1 Å². The first kappa shape index (κ1) is 15.9. The molecule has 22 heavy (non-hydrogen) atoms. The van der Waals surface area contributed by atoms with Crippen LogP contribution in [-0.4, -0.2) is 43.8 Å². The number of halogens is 3. The van der Waals surface area contributed by atoms with E-state index in [2.05, 4.69) is 5.32 Å². The van der Waals surface area contributed by atoms with Crippen molar-refractivity contribution < 1.29 is 32.2 Å². The van der Waals surface area contributed by atoms with Crippen molar-refractivity contribution >= 4 is 11.8 Å². The van der Waals surface area contributed by atoms with Gasteiger partial charge in [0.25, 0.3) is 5.91 Å². The summed E-state index contributed by atoms with van der Waals surface area (Å²) < 4.78 is 46.4. The molecule has 120 valence electrons. The van der Waals surface area contributed by atoms with Gasteiger partial charge in [0, 0.05) is 0 Å². The minimum Gasteiger partial charge on any atom is -0.485 e. The molecule has 1 aliphatic rings. The summed E-state index contributed by atoms with van der Waals surface area (Å²) in [6, 6.07) is 6.74. The first-order valence-electron chi connectivity index (χ1n) is 6.35. The standard InChI is InChI=1S/C13H13F3N2O4/c14-13(15,16)7-18-11(19)5-17-12(20)10-6-21-8-3-1-2-4-9(8)22-10/h1-4,10H,5-7H2,(H,17,20)(H,18,19)/t10-/m0/s1. The van der Waals surface area contributed by atoms with Crippen LogP contribution in [0, 0.1) is 0 Å². The molecule has 1 atom stereocenters. The molecule has 0 bridgehead atoms. The zero-order valence-electron chi connectivity index (χ0n) is 11.3. The summed E-state index contributed by atoms with van der Waals surface area (Å²) in [5, 5.41) is 3.84. The molecule has 0 saturated carbocycles. The predicted octanol–water partition coefficient (Wildman–Crippen LogP) is 0.621. The molecule has 0 saturated heterocycles. The lowest BCUT2D eigenvalue weighted by molar-refractivity contribution is -0.139. The van der Waals surface area contributed by atoms with E-state index in [1.54, 1.807) is 29.6 Å². The van der Waals surface area contributed by atoms with Crippen molar-refractivity contribution in [2.24, 2.45) is 0 Å².